The van der Waals surface area contributed by atoms with Crippen LogP contribution < -0.4 is 5.32 Å². The molecular formula is C19H16FN3O2. The van der Waals surface area contributed by atoms with E-state index in [0.29, 0.717) is 28.2 Å². The van der Waals surface area contributed by atoms with Gasteiger partial charge in [0.05, 0.1) is 16.9 Å². The molecule has 0 aliphatic carbocycles. The third-order valence-corrected chi connectivity index (χ3v) is 3.89. The van der Waals surface area contributed by atoms with Crippen molar-refractivity contribution in [3.63, 3.8) is 0 Å². The number of aryl methyl sites for hydroxylation is 2. The fourth-order valence-corrected chi connectivity index (χ4v) is 2.49. The maximum Gasteiger partial charge on any atom is 0.259 e. The van der Waals surface area contributed by atoms with E-state index < -0.39 is 0 Å². The van der Waals surface area contributed by atoms with E-state index in [1.54, 1.807) is 50.4 Å². The molecule has 0 spiro atoms. The number of carbonyl (C=O) groups is 2. The number of hydrogen-bond donors (Lipinski definition) is 1. The van der Waals surface area contributed by atoms with Gasteiger partial charge in [-0.25, -0.2) is 9.07 Å². The van der Waals surface area contributed by atoms with Crippen LogP contribution in [0.2, 0.25) is 0 Å². The van der Waals surface area contributed by atoms with Crippen molar-refractivity contribution in [2.75, 3.05) is 5.32 Å². The second-order valence-electron chi connectivity index (χ2n) is 5.69. The third-order valence-electron chi connectivity index (χ3n) is 3.89. The summed E-state index contributed by atoms with van der Waals surface area (Å²) in [6.45, 7) is 3.53. The number of carbonyl (C=O) groups excluding carboxylic acids is 2. The van der Waals surface area contributed by atoms with Gasteiger partial charge in [-0.15, -0.1) is 0 Å². The lowest BCUT2D eigenvalue weighted by atomic mass is 10.1. The van der Waals surface area contributed by atoms with Crippen molar-refractivity contribution in [3.8, 4) is 5.69 Å². The smallest absolute Gasteiger partial charge is 0.259 e. The highest BCUT2D eigenvalue weighted by molar-refractivity contribution is 6.05. The van der Waals surface area contributed by atoms with Gasteiger partial charge in [0.1, 0.15) is 12.1 Å². The lowest BCUT2D eigenvalue weighted by Gasteiger charge is -2.06. The molecule has 1 amide bonds. The summed E-state index contributed by atoms with van der Waals surface area (Å²) < 4.78 is 14.6. The molecule has 0 aliphatic rings. The van der Waals surface area contributed by atoms with E-state index in [9.17, 15) is 14.0 Å². The van der Waals surface area contributed by atoms with Crippen molar-refractivity contribution in [1.29, 1.82) is 0 Å². The number of benzene rings is 2. The highest BCUT2D eigenvalue weighted by atomic mass is 19.1. The van der Waals surface area contributed by atoms with Crippen LogP contribution in [-0.4, -0.2) is 22.0 Å². The van der Waals surface area contributed by atoms with Gasteiger partial charge in [0.15, 0.2) is 0 Å². The number of nitrogens with one attached hydrogen (secondary N) is 1. The van der Waals surface area contributed by atoms with Gasteiger partial charge in [-0.05, 0) is 61.9 Å². The van der Waals surface area contributed by atoms with Crippen LogP contribution in [0, 0.1) is 19.7 Å². The summed E-state index contributed by atoms with van der Waals surface area (Å²) >= 11 is 0. The largest absolute Gasteiger partial charge is 0.322 e. The zero-order chi connectivity index (χ0) is 18.0. The first-order chi connectivity index (χ1) is 12.0. The molecule has 3 rings (SSSR count). The minimum absolute atomic E-state index is 0.302. The quantitative estimate of drug-likeness (QED) is 0.739. The van der Waals surface area contributed by atoms with E-state index in [0.717, 1.165) is 11.8 Å². The van der Waals surface area contributed by atoms with Crippen LogP contribution in [0.5, 0.6) is 0 Å². The molecular weight excluding hydrogens is 321 g/mol. The monoisotopic (exact) mass is 337 g/mol. The third kappa shape index (κ3) is 3.47. The standard InChI is InChI=1S/C19H16FN3O2/c1-12-9-16(6-3-14(12)11-24)21-19(25)18-10-23(22-13(18)2)17-7-4-15(20)5-8-17/h3-11H,1-2H3,(H,21,25). The molecule has 0 atom stereocenters. The zero-order valence-corrected chi connectivity index (χ0v) is 13.8. The first-order valence-corrected chi connectivity index (χ1v) is 7.67. The summed E-state index contributed by atoms with van der Waals surface area (Å²) in [7, 11) is 0. The second-order valence-corrected chi connectivity index (χ2v) is 5.69. The average molecular weight is 337 g/mol. The number of nitrogens with zero attached hydrogens (tertiary/aromatic N) is 2. The summed E-state index contributed by atoms with van der Waals surface area (Å²) in [5, 5.41) is 7.10. The summed E-state index contributed by atoms with van der Waals surface area (Å²) in [6, 6.07) is 10.9. The molecule has 1 aromatic heterocycles. The van der Waals surface area contributed by atoms with Crippen LogP contribution in [0.3, 0.4) is 0 Å². The minimum atomic E-state index is -0.334. The minimum Gasteiger partial charge on any atom is -0.322 e. The lowest BCUT2D eigenvalue weighted by Crippen LogP contribution is -2.12. The molecule has 5 nitrogen and oxygen atoms in total. The van der Waals surface area contributed by atoms with Gasteiger partial charge in [0, 0.05) is 17.4 Å². The molecule has 25 heavy (non-hydrogen) atoms. The Morgan fingerprint density at radius 1 is 1.16 bits per heavy atom. The summed E-state index contributed by atoms with van der Waals surface area (Å²) in [6.07, 6.45) is 2.38. The van der Waals surface area contributed by atoms with E-state index in [-0.39, 0.29) is 11.7 Å². The Morgan fingerprint density at radius 2 is 1.88 bits per heavy atom. The molecule has 126 valence electrons. The molecule has 0 aliphatic heterocycles. The van der Waals surface area contributed by atoms with E-state index >= 15 is 0 Å². The summed E-state index contributed by atoms with van der Waals surface area (Å²) in [5.74, 6) is -0.635. The van der Waals surface area contributed by atoms with Gasteiger partial charge in [0.25, 0.3) is 5.91 Å². The number of anilines is 1. The highest BCUT2D eigenvalue weighted by Crippen LogP contribution is 2.17. The summed E-state index contributed by atoms with van der Waals surface area (Å²) in [5.41, 5.74) is 3.60. The molecule has 0 fully saturated rings. The normalized spacial score (nSPS) is 10.5. The number of rotatable bonds is 4. The van der Waals surface area contributed by atoms with Gasteiger partial charge < -0.3 is 5.32 Å². The number of aromatic nitrogens is 2. The number of hydrogen-bond acceptors (Lipinski definition) is 3. The van der Waals surface area contributed by atoms with Crippen molar-refractivity contribution in [1.82, 2.24) is 9.78 Å². The molecule has 0 saturated carbocycles. The fourth-order valence-electron chi connectivity index (χ4n) is 2.49. The van der Waals surface area contributed by atoms with Crippen LogP contribution in [0.15, 0.2) is 48.7 Å². The first kappa shape index (κ1) is 16.6. The topological polar surface area (TPSA) is 64.0 Å². The van der Waals surface area contributed by atoms with Crippen molar-refractivity contribution in [2.24, 2.45) is 0 Å². The maximum atomic E-state index is 13.0. The van der Waals surface area contributed by atoms with Crippen LogP contribution >= 0.6 is 0 Å². The molecule has 0 saturated heterocycles. The fraction of sp³-hybridized carbons (Fsp3) is 0.105. The van der Waals surface area contributed by atoms with Crippen molar-refractivity contribution in [2.45, 2.75) is 13.8 Å². The number of halogens is 1. The van der Waals surface area contributed by atoms with Gasteiger partial charge in [-0.2, -0.15) is 5.10 Å². The van der Waals surface area contributed by atoms with Crippen LogP contribution in [0.25, 0.3) is 5.69 Å². The Morgan fingerprint density at radius 3 is 2.52 bits per heavy atom. The highest BCUT2D eigenvalue weighted by Gasteiger charge is 2.15. The number of aldehydes is 1. The maximum absolute atomic E-state index is 13.0. The van der Waals surface area contributed by atoms with Crippen LogP contribution in [-0.2, 0) is 0 Å². The average Bonchev–Trinajstić information content (AvgIpc) is 2.97. The Balaban J connectivity index is 1.84. The first-order valence-electron chi connectivity index (χ1n) is 7.67. The molecule has 6 heteroatoms. The second kappa shape index (κ2) is 6.68. The van der Waals surface area contributed by atoms with Crippen molar-refractivity contribution < 1.29 is 14.0 Å². The Labute approximate surface area is 144 Å². The van der Waals surface area contributed by atoms with Crippen LogP contribution in [0.4, 0.5) is 10.1 Å². The van der Waals surface area contributed by atoms with Gasteiger partial charge in [-0.1, -0.05) is 0 Å². The van der Waals surface area contributed by atoms with Gasteiger partial charge >= 0.3 is 0 Å². The van der Waals surface area contributed by atoms with E-state index in [1.165, 1.54) is 16.8 Å². The lowest BCUT2D eigenvalue weighted by molar-refractivity contribution is 0.102. The predicted molar refractivity (Wildman–Crippen MR) is 92.8 cm³/mol. The number of amides is 1. The molecule has 1 heterocycles. The van der Waals surface area contributed by atoms with Crippen LogP contribution in [0.1, 0.15) is 32.0 Å². The molecule has 1 N–H and O–H groups in total. The van der Waals surface area contributed by atoms with Gasteiger partial charge in [-0.3, -0.25) is 9.59 Å². The summed E-state index contributed by atoms with van der Waals surface area (Å²) in [4.78, 5) is 23.4. The SMILES string of the molecule is Cc1cc(NC(=O)c2cn(-c3ccc(F)cc3)nc2C)ccc1C=O. The molecule has 0 bridgehead atoms. The van der Waals surface area contributed by atoms with Gasteiger partial charge in [0.2, 0.25) is 0 Å². The molecule has 0 radical (unpaired) electrons. The Hall–Kier alpha value is -3.28. The Bertz CT molecular complexity index is 946. The Kier molecular flexibility index (Phi) is 4.43. The van der Waals surface area contributed by atoms with E-state index in [4.69, 9.17) is 0 Å². The van der Waals surface area contributed by atoms with Crippen molar-refractivity contribution >= 4 is 17.9 Å². The molecule has 3 aromatic rings. The van der Waals surface area contributed by atoms with Crippen molar-refractivity contribution in [3.05, 3.63) is 76.9 Å². The zero-order valence-electron chi connectivity index (χ0n) is 13.8. The predicted octanol–water partition coefficient (Wildman–Crippen LogP) is 3.69. The van der Waals surface area contributed by atoms with E-state index in [2.05, 4.69) is 10.4 Å². The van der Waals surface area contributed by atoms with E-state index in [1.807, 2.05) is 0 Å². The molecule has 2 aromatic carbocycles. The molecule has 0 unspecified atom stereocenters.